The minimum atomic E-state index is -0.0630. The Bertz CT molecular complexity index is 836. The van der Waals surface area contributed by atoms with Gasteiger partial charge in [0, 0.05) is 13.5 Å². The van der Waals surface area contributed by atoms with Crippen molar-refractivity contribution in [3.8, 4) is 0 Å². The normalized spacial score (nSPS) is 12.9. The average Bonchev–Trinajstić information content (AvgIpc) is 3.12. The van der Waals surface area contributed by atoms with Crippen molar-refractivity contribution >= 4 is 33.3 Å². The predicted molar refractivity (Wildman–Crippen MR) is 82.8 cm³/mol. The van der Waals surface area contributed by atoms with Gasteiger partial charge < -0.3 is 4.52 Å². The number of aromatic nitrogens is 4. The van der Waals surface area contributed by atoms with E-state index in [0.717, 1.165) is 11.9 Å². The van der Waals surface area contributed by atoms with Gasteiger partial charge in [-0.25, -0.2) is 4.98 Å². The quantitative estimate of drug-likeness (QED) is 0.543. The van der Waals surface area contributed by atoms with E-state index in [1.807, 2.05) is 25.3 Å². The molecule has 3 aromatic heterocycles. The van der Waals surface area contributed by atoms with Gasteiger partial charge in [0.2, 0.25) is 5.89 Å². The van der Waals surface area contributed by atoms with Crippen molar-refractivity contribution in [2.45, 2.75) is 30.7 Å². The second-order valence-electron chi connectivity index (χ2n) is 4.56. The summed E-state index contributed by atoms with van der Waals surface area (Å²) in [5.41, 5.74) is 0.710. The summed E-state index contributed by atoms with van der Waals surface area (Å²) in [5.74, 6) is 1.24. The molecule has 8 heteroatoms. The van der Waals surface area contributed by atoms with Crippen LogP contribution in [0, 0.1) is 0 Å². The van der Waals surface area contributed by atoms with E-state index >= 15 is 0 Å². The number of nitrogens with zero attached hydrogens (tertiary/aromatic N) is 4. The molecule has 0 aliphatic heterocycles. The van der Waals surface area contributed by atoms with Crippen LogP contribution in [-0.2, 0) is 13.5 Å². The first kappa shape index (κ1) is 14.3. The van der Waals surface area contributed by atoms with Crippen LogP contribution in [0.15, 0.2) is 25.9 Å². The van der Waals surface area contributed by atoms with E-state index in [1.165, 1.54) is 23.1 Å². The van der Waals surface area contributed by atoms with Gasteiger partial charge in [-0.15, -0.1) is 11.3 Å². The van der Waals surface area contributed by atoms with Gasteiger partial charge in [-0.1, -0.05) is 23.8 Å². The molecular formula is C13H14N4O2S2. The van der Waals surface area contributed by atoms with Crippen LogP contribution in [0.5, 0.6) is 0 Å². The Balaban J connectivity index is 1.93. The van der Waals surface area contributed by atoms with Crippen molar-refractivity contribution in [3.63, 3.8) is 0 Å². The monoisotopic (exact) mass is 322 g/mol. The lowest BCUT2D eigenvalue weighted by Gasteiger charge is -2.09. The van der Waals surface area contributed by atoms with Crippen LogP contribution in [0.25, 0.3) is 10.2 Å². The number of aryl methyl sites for hydroxylation is 1. The van der Waals surface area contributed by atoms with Crippen LogP contribution in [0.2, 0.25) is 0 Å². The molecule has 0 fully saturated rings. The first-order chi connectivity index (χ1) is 10.1. The summed E-state index contributed by atoms with van der Waals surface area (Å²) in [6.07, 6.45) is 0.735. The Morgan fingerprint density at radius 1 is 1.48 bits per heavy atom. The summed E-state index contributed by atoms with van der Waals surface area (Å²) in [6, 6.07) is 1.86. The molecule has 0 aromatic carbocycles. The summed E-state index contributed by atoms with van der Waals surface area (Å²) < 4.78 is 7.48. The molecule has 0 saturated carbocycles. The van der Waals surface area contributed by atoms with Gasteiger partial charge in [-0.3, -0.25) is 9.36 Å². The standard InChI is InChI=1S/C13H14N4O2S2/c1-4-9-15-11(19-16-9)7(2)21-13-14-8-5-6-20-10(8)12(18)17(13)3/h5-7H,4H2,1-3H3. The molecule has 0 amide bonds. The molecule has 6 nitrogen and oxygen atoms in total. The maximum Gasteiger partial charge on any atom is 0.271 e. The fraction of sp³-hybridized carbons (Fsp3) is 0.385. The summed E-state index contributed by atoms with van der Waals surface area (Å²) >= 11 is 2.85. The van der Waals surface area contributed by atoms with E-state index in [4.69, 9.17) is 4.52 Å². The van der Waals surface area contributed by atoms with E-state index < -0.39 is 0 Å². The second kappa shape index (κ2) is 5.61. The highest BCUT2D eigenvalue weighted by Crippen LogP contribution is 2.33. The van der Waals surface area contributed by atoms with E-state index in [2.05, 4.69) is 15.1 Å². The maximum absolute atomic E-state index is 12.2. The molecule has 0 saturated heterocycles. The van der Waals surface area contributed by atoms with Gasteiger partial charge in [-0.2, -0.15) is 4.98 Å². The Hall–Kier alpha value is -1.67. The second-order valence-corrected chi connectivity index (χ2v) is 6.78. The Morgan fingerprint density at radius 2 is 2.29 bits per heavy atom. The lowest BCUT2D eigenvalue weighted by atomic mass is 10.4. The largest absolute Gasteiger partial charge is 0.338 e. The van der Waals surface area contributed by atoms with Crippen LogP contribution in [-0.4, -0.2) is 19.7 Å². The van der Waals surface area contributed by atoms with Gasteiger partial charge in [-0.05, 0) is 18.4 Å². The Labute approximate surface area is 129 Å². The smallest absolute Gasteiger partial charge is 0.271 e. The van der Waals surface area contributed by atoms with Gasteiger partial charge >= 0.3 is 0 Å². The van der Waals surface area contributed by atoms with Crippen molar-refractivity contribution in [1.29, 1.82) is 0 Å². The molecule has 0 aliphatic rings. The fourth-order valence-corrected chi connectivity index (χ4v) is 3.57. The zero-order valence-electron chi connectivity index (χ0n) is 11.9. The zero-order chi connectivity index (χ0) is 15.0. The molecule has 110 valence electrons. The van der Waals surface area contributed by atoms with Gasteiger partial charge in [0.25, 0.3) is 5.56 Å². The highest BCUT2D eigenvalue weighted by atomic mass is 32.2. The number of thioether (sulfide) groups is 1. The maximum atomic E-state index is 12.2. The van der Waals surface area contributed by atoms with Crippen molar-refractivity contribution in [2.75, 3.05) is 0 Å². The number of thiophene rings is 1. The van der Waals surface area contributed by atoms with E-state index in [-0.39, 0.29) is 10.8 Å². The Morgan fingerprint density at radius 3 is 3.00 bits per heavy atom. The van der Waals surface area contributed by atoms with Crippen molar-refractivity contribution in [3.05, 3.63) is 33.5 Å². The van der Waals surface area contributed by atoms with Crippen LogP contribution >= 0.6 is 23.1 Å². The number of rotatable bonds is 4. The Kier molecular flexibility index (Phi) is 3.81. The molecule has 0 radical (unpaired) electrons. The van der Waals surface area contributed by atoms with Gasteiger partial charge in [0.05, 0.1) is 10.8 Å². The van der Waals surface area contributed by atoms with Gasteiger partial charge in [0.1, 0.15) is 4.70 Å². The number of fused-ring (bicyclic) bond motifs is 1. The molecule has 0 bridgehead atoms. The van der Waals surface area contributed by atoms with Crippen molar-refractivity contribution in [1.82, 2.24) is 19.7 Å². The molecule has 21 heavy (non-hydrogen) atoms. The summed E-state index contributed by atoms with van der Waals surface area (Å²) in [4.78, 5) is 21.1. The molecule has 1 unspecified atom stereocenters. The van der Waals surface area contributed by atoms with E-state index in [9.17, 15) is 4.79 Å². The predicted octanol–water partition coefficient (Wildman–Crippen LogP) is 2.79. The van der Waals surface area contributed by atoms with Crippen LogP contribution in [0.3, 0.4) is 0 Å². The fourth-order valence-electron chi connectivity index (χ4n) is 1.86. The molecule has 0 aliphatic carbocycles. The average molecular weight is 322 g/mol. The first-order valence-electron chi connectivity index (χ1n) is 6.53. The first-order valence-corrected chi connectivity index (χ1v) is 8.29. The molecule has 3 heterocycles. The van der Waals surface area contributed by atoms with Crippen molar-refractivity contribution < 1.29 is 4.52 Å². The topological polar surface area (TPSA) is 73.8 Å². The number of hydrogen-bond acceptors (Lipinski definition) is 7. The molecule has 1 atom stereocenters. The molecule has 3 rings (SSSR count). The highest BCUT2D eigenvalue weighted by Gasteiger charge is 2.18. The molecule has 0 N–H and O–H groups in total. The summed E-state index contributed by atoms with van der Waals surface area (Å²) in [5, 5.41) is 6.35. The summed E-state index contributed by atoms with van der Waals surface area (Å²) in [7, 11) is 1.73. The zero-order valence-corrected chi connectivity index (χ0v) is 13.5. The minimum absolute atomic E-state index is 0.0236. The third-order valence-corrected chi connectivity index (χ3v) is 5.10. The lowest BCUT2D eigenvalue weighted by Crippen LogP contribution is -2.19. The molecule has 0 spiro atoms. The van der Waals surface area contributed by atoms with Crippen LogP contribution < -0.4 is 5.56 Å². The third-order valence-electron chi connectivity index (χ3n) is 3.08. The van der Waals surface area contributed by atoms with Crippen molar-refractivity contribution in [2.24, 2.45) is 7.05 Å². The van der Waals surface area contributed by atoms with Crippen LogP contribution in [0.4, 0.5) is 0 Å². The number of hydrogen-bond donors (Lipinski definition) is 0. The third kappa shape index (κ3) is 2.60. The van der Waals surface area contributed by atoms with Gasteiger partial charge in [0.15, 0.2) is 11.0 Å². The SMILES string of the molecule is CCc1noc(C(C)Sc2nc3ccsc3c(=O)n2C)n1. The van der Waals surface area contributed by atoms with Crippen LogP contribution in [0.1, 0.15) is 30.8 Å². The molecule has 3 aromatic rings. The molecular weight excluding hydrogens is 308 g/mol. The van der Waals surface area contributed by atoms with E-state index in [1.54, 1.807) is 11.6 Å². The highest BCUT2D eigenvalue weighted by molar-refractivity contribution is 7.99. The summed E-state index contributed by atoms with van der Waals surface area (Å²) in [6.45, 7) is 3.93. The minimum Gasteiger partial charge on any atom is -0.338 e. The lowest BCUT2D eigenvalue weighted by molar-refractivity contribution is 0.375. The van der Waals surface area contributed by atoms with E-state index in [0.29, 0.717) is 21.6 Å².